The number of aliphatic carboxylic acids is 1. The van der Waals surface area contributed by atoms with Gasteiger partial charge >= 0.3 is 12.0 Å². The number of carboxylic acids is 1. The number of amides is 2. The number of hydrogen-bond donors (Lipinski definition) is 2. The molecule has 2 N–H and O–H groups in total. The molecule has 2 fully saturated rings. The quantitative estimate of drug-likeness (QED) is 0.879. The van der Waals surface area contributed by atoms with E-state index in [9.17, 15) is 19.8 Å². The molecule has 1 aliphatic carbocycles. The summed E-state index contributed by atoms with van der Waals surface area (Å²) < 4.78 is 0. The fourth-order valence-corrected chi connectivity index (χ4v) is 3.44. The average Bonchev–Trinajstić information content (AvgIpc) is 2.99. The Morgan fingerprint density at radius 3 is 2.76 bits per heavy atom. The van der Waals surface area contributed by atoms with Crippen LogP contribution in [0.3, 0.4) is 0 Å². The van der Waals surface area contributed by atoms with E-state index in [0.717, 1.165) is 17.7 Å². The maximum Gasteiger partial charge on any atom is 0.326 e. The lowest BCUT2D eigenvalue weighted by Gasteiger charge is -2.30. The maximum absolute atomic E-state index is 12.7. The predicted molar refractivity (Wildman–Crippen MR) is 77.0 cm³/mol. The van der Waals surface area contributed by atoms with Crippen LogP contribution in [0.4, 0.5) is 4.79 Å². The number of nitrogens with zero attached hydrogens (tertiary/aromatic N) is 2. The third-order valence-electron chi connectivity index (χ3n) is 3.95. The number of aliphatic hydroxyl groups excluding tert-OH is 1. The van der Waals surface area contributed by atoms with Gasteiger partial charge in [0, 0.05) is 23.9 Å². The first-order valence-electron chi connectivity index (χ1n) is 7.06. The molecular formula is C14H18N2O4S. The molecule has 2 amide bonds. The molecule has 1 saturated carbocycles. The van der Waals surface area contributed by atoms with Crippen molar-refractivity contribution >= 4 is 23.3 Å². The van der Waals surface area contributed by atoms with Gasteiger partial charge in [-0.2, -0.15) is 0 Å². The number of urea groups is 1. The van der Waals surface area contributed by atoms with Crippen LogP contribution in [0.5, 0.6) is 0 Å². The van der Waals surface area contributed by atoms with Crippen molar-refractivity contribution in [3.63, 3.8) is 0 Å². The minimum atomic E-state index is -1.05. The maximum atomic E-state index is 12.7. The molecule has 21 heavy (non-hydrogen) atoms. The van der Waals surface area contributed by atoms with Crippen LogP contribution < -0.4 is 0 Å². The number of thiophene rings is 1. The van der Waals surface area contributed by atoms with Crippen LogP contribution in [0.2, 0.25) is 0 Å². The van der Waals surface area contributed by atoms with Gasteiger partial charge in [0.05, 0.1) is 12.6 Å². The van der Waals surface area contributed by atoms with Crippen molar-refractivity contribution in [1.29, 1.82) is 0 Å². The van der Waals surface area contributed by atoms with Gasteiger partial charge in [0.1, 0.15) is 6.04 Å². The van der Waals surface area contributed by atoms with Crippen LogP contribution in [-0.2, 0) is 11.3 Å². The van der Waals surface area contributed by atoms with Crippen LogP contribution in [0.25, 0.3) is 0 Å². The molecule has 2 heterocycles. The Balaban J connectivity index is 1.75. The van der Waals surface area contributed by atoms with Crippen molar-refractivity contribution in [3.05, 3.63) is 22.4 Å². The molecule has 6 nitrogen and oxygen atoms in total. The second-order valence-electron chi connectivity index (χ2n) is 5.62. The minimum Gasteiger partial charge on any atom is -0.480 e. The van der Waals surface area contributed by atoms with Gasteiger partial charge in [-0.1, -0.05) is 6.07 Å². The fraction of sp³-hybridized carbons (Fsp3) is 0.571. The summed E-state index contributed by atoms with van der Waals surface area (Å²) in [4.78, 5) is 28.1. The van der Waals surface area contributed by atoms with E-state index in [4.69, 9.17) is 0 Å². The summed E-state index contributed by atoms with van der Waals surface area (Å²) in [6.45, 7) is 0.615. The standard InChI is InChI=1S/C14H18N2O4S/c17-10-6-12(13(18)19)16(7-10)14(20)15(9-3-4-9)8-11-2-1-5-21-11/h1-2,5,9-10,12,17H,3-4,6-8H2,(H,18,19). The zero-order chi connectivity index (χ0) is 15.0. The molecule has 7 heteroatoms. The summed E-state index contributed by atoms with van der Waals surface area (Å²) in [5.41, 5.74) is 0. The second kappa shape index (κ2) is 5.65. The number of rotatable bonds is 4. The lowest BCUT2D eigenvalue weighted by atomic mass is 10.2. The summed E-state index contributed by atoms with van der Waals surface area (Å²) in [6, 6.07) is 2.93. The topological polar surface area (TPSA) is 81.1 Å². The average molecular weight is 310 g/mol. The second-order valence-corrected chi connectivity index (χ2v) is 6.65. The van der Waals surface area contributed by atoms with E-state index >= 15 is 0 Å². The van der Waals surface area contributed by atoms with E-state index in [2.05, 4.69) is 0 Å². The third kappa shape index (κ3) is 3.03. The minimum absolute atomic E-state index is 0.101. The summed E-state index contributed by atoms with van der Waals surface area (Å²) in [5, 5.41) is 20.9. The molecule has 0 aromatic carbocycles. The molecule has 2 unspecified atom stereocenters. The molecule has 1 aromatic rings. The highest BCUT2D eigenvalue weighted by Gasteiger charge is 2.43. The first-order chi connectivity index (χ1) is 10.1. The molecule has 0 bridgehead atoms. The van der Waals surface area contributed by atoms with E-state index in [0.29, 0.717) is 6.54 Å². The van der Waals surface area contributed by atoms with Crippen molar-refractivity contribution in [1.82, 2.24) is 9.80 Å². The largest absolute Gasteiger partial charge is 0.480 e. The Morgan fingerprint density at radius 1 is 1.43 bits per heavy atom. The van der Waals surface area contributed by atoms with E-state index in [-0.39, 0.29) is 25.0 Å². The summed E-state index contributed by atoms with van der Waals surface area (Å²) in [6.07, 6.45) is 1.28. The van der Waals surface area contributed by atoms with Crippen molar-refractivity contribution in [2.75, 3.05) is 6.54 Å². The lowest BCUT2D eigenvalue weighted by Crippen LogP contribution is -2.48. The number of carboxylic acid groups (broad SMARTS) is 1. The van der Waals surface area contributed by atoms with Crippen molar-refractivity contribution in [2.24, 2.45) is 0 Å². The van der Waals surface area contributed by atoms with Crippen molar-refractivity contribution < 1.29 is 19.8 Å². The Morgan fingerprint density at radius 2 is 2.19 bits per heavy atom. The van der Waals surface area contributed by atoms with Gasteiger partial charge in [0.15, 0.2) is 0 Å². The fourth-order valence-electron chi connectivity index (χ4n) is 2.73. The first kappa shape index (κ1) is 14.3. The van der Waals surface area contributed by atoms with Gasteiger partial charge in [-0.15, -0.1) is 11.3 Å². The highest BCUT2D eigenvalue weighted by molar-refractivity contribution is 7.09. The number of likely N-dealkylation sites (tertiary alicyclic amines) is 1. The highest BCUT2D eigenvalue weighted by Crippen LogP contribution is 2.32. The van der Waals surface area contributed by atoms with Crippen LogP contribution >= 0.6 is 11.3 Å². The summed E-state index contributed by atoms with van der Waals surface area (Å²) >= 11 is 1.59. The molecule has 1 aliphatic heterocycles. The Kier molecular flexibility index (Phi) is 3.86. The molecule has 0 spiro atoms. The summed E-state index contributed by atoms with van der Waals surface area (Å²) in [7, 11) is 0. The molecule has 1 aromatic heterocycles. The van der Waals surface area contributed by atoms with E-state index in [1.165, 1.54) is 4.90 Å². The predicted octanol–water partition coefficient (Wildman–Crippen LogP) is 1.35. The van der Waals surface area contributed by atoms with E-state index in [1.54, 1.807) is 16.2 Å². The zero-order valence-electron chi connectivity index (χ0n) is 11.5. The smallest absolute Gasteiger partial charge is 0.326 e. The lowest BCUT2D eigenvalue weighted by molar-refractivity contribution is -0.141. The summed E-state index contributed by atoms with van der Waals surface area (Å²) in [5.74, 6) is -1.05. The number of aliphatic hydroxyl groups is 1. The Labute approximate surface area is 126 Å². The first-order valence-corrected chi connectivity index (χ1v) is 7.94. The molecule has 2 atom stereocenters. The SMILES string of the molecule is O=C(O)C1CC(O)CN1C(=O)N(Cc1cccs1)C1CC1. The Bertz CT molecular complexity index is 529. The molecular weight excluding hydrogens is 292 g/mol. The molecule has 0 radical (unpaired) electrons. The molecule has 1 saturated heterocycles. The molecule has 2 aliphatic rings. The van der Waals surface area contributed by atoms with Crippen molar-refractivity contribution in [3.8, 4) is 0 Å². The van der Waals surface area contributed by atoms with Crippen LogP contribution in [0.1, 0.15) is 24.1 Å². The van der Waals surface area contributed by atoms with Gasteiger partial charge in [0.2, 0.25) is 0 Å². The van der Waals surface area contributed by atoms with Crippen molar-refractivity contribution in [2.45, 2.75) is 44.0 Å². The normalized spacial score (nSPS) is 25.1. The third-order valence-corrected chi connectivity index (χ3v) is 4.81. The Hall–Kier alpha value is -1.60. The number of hydrogen-bond acceptors (Lipinski definition) is 4. The van der Waals surface area contributed by atoms with Gasteiger partial charge < -0.3 is 20.0 Å². The number of carbonyl (C=O) groups excluding carboxylic acids is 1. The van der Waals surface area contributed by atoms with Gasteiger partial charge in [-0.25, -0.2) is 9.59 Å². The number of carbonyl (C=O) groups is 2. The van der Waals surface area contributed by atoms with Crippen LogP contribution in [-0.4, -0.2) is 56.7 Å². The van der Waals surface area contributed by atoms with Gasteiger partial charge in [-0.05, 0) is 24.3 Å². The van der Waals surface area contributed by atoms with Gasteiger partial charge in [0.25, 0.3) is 0 Å². The molecule has 114 valence electrons. The number of β-amino-alcohol motifs (C(OH)–C–C–N with tert-alkyl or cyclic N) is 1. The molecule has 3 rings (SSSR count). The highest BCUT2D eigenvalue weighted by atomic mass is 32.1. The van der Waals surface area contributed by atoms with E-state index in [1.807, 2.05) is 17.5 Å². The van der Waals surface area contributed by atoms with Gasteiger partial charge in [-0.3, -0.25) is 0 Å². The zero-order valence-corrected chi connectivity index (χ0v) is 12.3. The van der Waals surface area contributed by atoms with Crippen LogP contribution in [0.15, 0.2) is 17.5 Å². The monoisotopic (exact) mass is 310 g/mol. The van der Waals surface area contributed by atoms with Crippen LogP contribution in [0, 0.1) is 0 Å². The van der Waals surface area contributed by atoms with E-state index < -0.39 is 18.1 Å².